The van der Waals surface area contributed by atoms with Gasteiger partial charge >= 0.3 is 0 Å². The number of nitrogens with two attached hydrogens (primary N) is 1. The predicted octanol–water partition coefficient (Wildman–Crippen LogP) is 2.86. The normalized spacial score (nSPS) is 21.4. The van der Waals surface area contributed by atoms with Gasteiger partial charge in [-0.15, -0.1) is 0 Å². The Morgan fingerprint density at radius 2 is 2.05 bits per heavy atom. The van der Waals surface area contributed by atoms with Gasteiger partial charge in [-0.05, 0) is 24.3 Å². The number of rotatable bonds is 2. The summed E-state index contributed by atoms with van der Waals surface area (Å²) in [6.45, 7) is 4.14. The van der Waals surface area contributed by atoms with Crippen molar-refractivity contribution in [2.45, 2.75) is 39.2 Å². The molecule has 0 heterocycles. The summed E-state index contributed by atoms with van der Waals surface area (Å²) in [5.74, 6) is -2.28. The average molecular weight is 268 g/mol. The Hall–Kier alpha value is -1.65. The van der Waals surface area contributed by atoms with E-state index in [2.05, 4.69) is 19.2 Å². The van der Waals surface area contributed by atoms with E-state index in [-0.39, 0.29) is 22.7 Å². The van der Waals surface area contributed by atoms with E-state index < -0.39 is 17.5 Å². The molecule has 1 aromatic rings. The number of hydrogen-bond donors (Lipinski definition) is 2. The third kappa shape index (κ3) is 2.69. The molecule has 0 radical (unpaired) electrons. The Morgan fingerprint density at radius 1 is 1.37 bits per heavy atom. The number of carbonyl (C=O) groups is 1. The molecule has 1 unspecified atom stereocenters. The van der Waals surface area contributed by atoms with E-state index in [0.29, 0.717) is 6.07 Å². The van der Waals surface area contributed by atoms with Gasteiger partial charge in [-0.1, -0.05) is 20.3 Å². The molecule has 1 atom stereocenters. The van der Waals surface area contributed by atoms with Gasteiger partial charge in [0.2, 0.25) is 0 Å². The lowest BCUT2D eigenvalue weighted by molar-refractivity contribution is 0.0906. The van der Waals surface area contributed by atoms with E-state index in [4.69, 9.17) is 5.73 Å². The molecule has 1 fully saturated rings. The first-order chi connectivity index (χ1) is 8.81. The lowest BCUT2D eigenvalue weighted by Crippen LogP contribution is -2.41. The first-order valence-electron chi connectivity index (χ1n) is 6.36. The first kappa shape index (κ1) is 13.8. The number of nitrogen functional groups attached to an aromatic ring is 1. The number of hydrogen-bond acceptors (Lipinski definition) is 2. The SMILES string of the molecule is CC1(C)CCCC1NC(=O)c1cc(N)c(F)cc1F. The molecule has 2 rings (SSSR count). The zero-order valence-electron chi connectivity index (χ0n) is 11.1. The van der Waals surface area contributed by atoms with Crippen molar-refractivity contribution in [1.29, 1.82) is 0 Å². The van der Waals surface area contributed by atoms with Crippen LogP contribution < -0.4 is 11.1 Å². The van der Waals surface area contributed by atoms with Gasteiger partial charge in [-0.25, -0.2) is 8.78 Å². The van der Waals surface area contributed by atoms with Crippen LogP contribution in [-0.2, 0) is 0 Å². The van der Waals surface area contributed by atoms with Crippen molar-refractivity contribution in [3.63, 3.8) is 0 Å². The smallest absolute Gasteiger partial charge is 0.254 e. The Kier molecular flexibility index (Phi) is 3.47. The largest absolute Gasteiger partial charge is 0.396 e. The Balaban J connectivity index is 2.19. The number of halogens is 2. The number of benzene rings is 1. The summed E-state index contributed by atoms with van der Waals surface area (Å²) in [6, 6.07) is 1.69. The highest BCUT2D eigenvalue weighted by Crippen LogP contribution is 2.37. The Labute approximate surface area is 111 Å². The number of carbonyl (C=O) groups excluding carboxylic acids is 1. The minimum absolute atomic E-state index is 0.00227. The molecule has 0 saturated heterocycles. The summed E-state index contributed by atoms with van der Waals surface area (Å²) in [5.41, 5.74) is 4.93. The van der Waals surface area contributed by atoms with Gasteiger partial charge in [-0.3, -0.25) is 4.79 Å². The lowest BCUT2D eigenvalue weighted by atomic mass is 9.87. The van der Waals surface area contributed by atoms with Crippen molar-refractivity contribution >= 4 is 11.6 Å². The van der Waals surface area contributed by atoms with Crippen molar-refractivity contribution in [1.82, 2.24) is 5.32 Å². The van der Waals surface area contributed by atoms with Crippen molar-refractivity contribution < 1.29 is 13.6 Å². The fourth-order valence-electron chi connectivity index (χ4n) is 2.57. The molecule has 104 valence electrons. The monoisotopic (exact) mass is 268 g/mol. The van der Waals surface area contributed by atoms with Crippen LogP contribution in [0.25, 0.3) is 0 Å². The van der Waals surface area contributed by atoms with Crippen molar-refractivity contribution in [3.8, 4) is 0 Å². The molecule has 3 N–H and O–H groups in total. The highest BCUT2D eigenvalue weighted by molar-refractivity contribution is 5.95. The number of anilines is 1. The van der Waals surface area contributed by atoms with E-state index >= 15 is 0 Å². The van der Waals surface area contributed by atoms with E-state index in [0.717, 1.165) is 25.3 Å². The van der Waals surface area contributed by atoms with Crippen LogP contribution in [0.4, 0.5) is 14.5 Å². The Morgan fingerprint density at radius 3 is 2.63 bits per heavy atom. The molecule has 1 saturated carbocycles. The standard InChI is InChI=1S/C14H18F2N2O/c1-14(2)5-3-4-12(14)18-13(19)8-6-11(17)10(16)7-9(8)15/h6-7,12H,3-5,17H2,1-2H3,(H,18,19). The van der Waals surface area contributed by atoms with Crippen LogP contribution >= 0.6 is 0 Å². The lowest BCUT2D eigenvalue weighted by Gasteiger charge is -2.27. The molecule has 0 aliphatic heterocycles. The van der Waals surface area contributed by atoms with Crippen LogP contribution in [-0.4, -0.2) is 11.9 Å². The van der Waals surface area contributed by atoms with Crippen molar-refractivity contribution in [3.05, 3.63) is 29.3 Å². The van der Waals surface area contributed by atoms with Crippen LogP contribution in [0.15, 0.2) is 12.1 Å². The molecule has 19 heavy (non-hydrogen) atoms. The molecule has 0 spiro atoms. The highest BCUT2D eigenvalue weighted by atomic mass is 19.1. The zero-order chi connectivity index (χ0) is 14.2. The van der Waals surface area contributed by atoms with Gasteiger partial charge in [0, 0.05) is 12.1 Å². The molecule has 0 aromatic heterocycles. The number of amides is 1. The topological polar surface area (TPSA) is 55.1 Å². The summed E-state index contributed by atoms with van der Waals surface area (Å²) in [7, 11) is 0. The minimum Gasteiger partial charge on any atom is -0.396 e. The Bertz CT molecular complexity index is 514. The molecule has 1 aliphatic carbocycles. The van der Waals surface area contributed by atoms with Gasteiger partial charge < -0.3 is 11.1 Å². The van der Waals surface area contributed by atoms with E-state index in [1.54, 1.807) is 0 Å². The average Bonchev–Trinajstić information content (AvgIpc) is 2.63. The first-order valence-corrected chi connectivity index (χ1v) is 6.36. The van der Waals surface area contributed by atoms with Crippen LogP contribution in [0.2, 0.25) is 0 Å². The molecular formula is C14H18F2N2O. The van der Waals surface area contributed by atoms with Crippen molar-refractivity contribution in [2.75, 3.05) is 5.73 Å². The maximum Gasteiger partial charge on any atom is 0.254 e. The fourth-order valence-corrected chi connectivity index (χ4v) is 2.57. The third-order valence-corrected chi connectivity index (χ3v) is 3.89. The van der Waals surface area contributed by atoms with E-state index in [1.165, 1.54) is 0 Å². The van der Waals surface area contributed by atoms with Crippen LogP contribution in [0.5, 0.6) is 0 Å². The molecule has 1 aliphatic rings. The predicted molar refractivity (Wildman–Crippen MR) is 69.7 cm³/mol. The summed E-state index contributed by atoms with van der Waals surface area (Å²) >= 11 is 0. The molecular weight excluding hydrogens is 250 g/mol. The summed E-state index contributed by atoms with van der Waals surface area (Å²) in [6.07, 6.45) is 2.93. The molecule has 1 aromatic carbocycles. The van der Waals surface area contributed by atoms with E-state index in [9.17, 15) is 13.6 Å². The fraction of sp³-hybridized carbons (Fsp3) is 0.500. The van der Waals surface area contributed by atoms with Gasteiger partial charge in [0.15, 0.2) is 0 Å². The maximum atomic E-state index is 13.6. The maximum absolute atomic E-state index is 13.6. The van der Waals surface area contributed by atoms with Gasteiger partial charge in [0.1, 0.15) is 11.6 Å². The van der Waals surface area contributed by atoms with Crippen LogP contribution in [0.1, 0.15) is 43.5 Å². The second-order valence-corrected chi connectivity index (χ2v) is 5.76. The number of nitrogens with one attached hydrogen (secondary N) is 1. The molecule has 5 heteroatoms. The third-order valence-electron chi connectivity index (χ3n) is 3.89. The van der Waals surface area contributed by atoms with Crippen LogP contribution in [0.3, 0.4) is 0 Å². The molecule has 0 bridgehead atoms. The second kappa shape index (κ2) is 4.79. The minimum atomic E-state index is -0.889. The van der Waals surface area contributed by atoms with Gasteiger partial charge in [-0.2, -0.15) is 0 Å². The quantitative estimate of drug-likeness (QED) is 0.810. The zero-order valence-corrected chi connectivity index (χ0v) is 11.1. The van der Waals surface area contributed by atoms with Crippen molar-refractivity contribution in [2.24, 2.45) is 5.41 Å². The summed E-state index contributed by atoms with van der Waals surface area (Å²) in [5, 5.41) is 2.82. The van der Waals surface area contributed by atoms with E-state index in [1.807, 2.05) is 0 Å². The van der Waals surface area contributed by atoms with Gasteiger partial charge in [0.05, 0.1) is 11.3 Å². The second-order valence-electron chi connectivity index (χ2n) is 5.76. The van der Waals surface area contributed by atoms with Gasteiger partial charge in [0.25, 0.3) is 5.91 Å². The molecule has 1 amide bonds. The highest BCUT2D eigenvalue weighted by Gasteiger charge is 2.35. The van der Waals surface area contributed by atoms with Crippen LogP contribution in [0, 0.1) is 17.0 Å². The summed E-state index contributed by atoms with van der Waals surface area (Å²) in [4.78, 5) is 12.0. The molecule has 3 nitrogen and oxygen atoms in total. The summed E-state index contributed by atoms with van der Waals surface area (Å²) < 4.78 is 26.6.